The number of rotatable bonds is 6. The van der Waals surface area contributed by atoms with Crippen molar-refractivity contribution >= 4 is 44.4 Å². The van der Waals surface area contributed by atoms with Gasteiger partial charge in [0.25, 0.3) is 11.8 Å². The molecule has 5 rings (SSSR count). The van der Waals surface area contributed by atoms with Crippen LogP contribution in [0.5, 0.6) is 0 Å². The zero-order chi connectivity index (χ0) is 21.4. The summed E-state index contributed by atoms with van der Waals surface area (Å²) < 4.78 is 6.75. The molecule has 3 heterocycles. The average Bonchev–Trinajstić information content (AvgIpc) is 3.50. The number of amides is 3. The lowest BCUT2D eigenvalue weighted by atomic mass is 10.1. The summed E-state index contributed by atoms with van der Waals surface area (Å²) in [5.41, 5.74) is 1.62. The van der Waals surface area contributed by atoms with Crippen molar-refractivity contribution in [3.05, 3.63) is 59.7 Å². The molecule has 0 N–H and O–H groups in total. The lowest BCUT2D eigenvalue weighted by molar-refractivity contribution is -0.119. The third-order valence-corrected chi connectivity index (χ3v) is 6.71. The molecule has 158 valence electrons. The minimum Gasteiger partial charge on any atom is -0.376 e. The van der Waals surface area contributed by atoms with E-state index in [0.717, 1.165) is 28.0 Å². The van der Waals surface area contributed by atoms with Crippen LogP contribution in [-0.4, -0.2) is 53.4 Å². The number of aromatic nitrogens is 1. The van der Waals surface area contributed by atoms with Crippen LogP contribution in [-0.2, 0) is 9.53 Å². The topological polar surface area (TPSA) is 79.8 Å². The number of anilines is 1. The molecule has 0 radical (unpaired) electrons. The van der Waals surface area contributed by atoms with Gasteiger partial charge >= 0.3 is 0 Å². The van der Waals surface area contributed by atoms with Crippen LogP contribution in [0.3, 0.4) is 0 Å². The molecule has 31 heavy (non-hydrogen) atoms. The van der Waals surface area contributed by atoms with Crippen LogP contribution in [0.2, 0.25) is 0 Å². The van der Waals surface area contributed by atoms with Gasteiger partial charge in [-0.05, 0) is 37.1 Å². The highest BCUT2D eigenvalue weighted by molar-refractivity contribution is 7.22. The Morgan fingerprint density at radius 2 is 1.81 bits per heavy atom. The van der Waals surface area contributed by atoms with E-state index in [1.54, 1.807) is 29.2 Å². The molecular weight excluding hydrogens is 414 g/mol. The average molecular weight is 436 g/mol. The van der Waals surface area contributed by atoms with Gasteiger partial charge < -0.3 is 4.74 Å². The molecule has 2 aliphatic rings. The van der Waals surface area contributed by atoms with E-state index < -0.39 is 0 Å². The molecular formula is C23H21N3O4S. The van der Waals surface area contributed by atoms with E-state index in [0.29, 0.717) is 29.4 Å². The maximum absolute atomic E-state index is 13.2. The van der Waals surface area contributed by atoms with Crippen molar-refractivity contribution in [1.82, 2.24) is 9.88 Å². The second kappa shape index (κ2) is 8.20. The summed E-state index contributed by atoms with van der Waals surface area (Å²) in [6.45, 7) is 1.15. The first kappa shape index (κ1) is 19.8. The van der Waals surface area contributed by atoms with Crippen LogP contribution in [0.25, 0.3) is 10.2 Å². The first-order chi connectivity index (χ1) is 15.1. The molecule has 1 fully saturated rings. The number of imide groups is 1. The van der Waals surface area contributed by atoms with Gasteiger partial charge in [-0.1, -0.05) is 35.6 Å². The number of hydrogen-bond donors (Lipinski definition) is 0. The van der Waals surface area contributed by atoms with Gasteiger partial charge in [0.1, 0.15) is 0 Å². The lowest BCUT2D eigenvalue weighted by Crippen LogP contribution is -2.40. The fourth-order valence-corrected chi connectivity index (χ4v) is 5.03. The second-order valence-electron chi connectivity index (χ2n) is 7.66. The van der Waals surface area contributed by atoms with E-state index in [1.807, 2.05) is 24.3 Å². The zero-order valence-electron chi connectivity index (χ0n) is 16.8. The summed E-state index contributed by atoms with van der Waals surface area (Å²) in [7, 11) is 0. The zero-order valence-corrected chi connectivity index (χ0v) is 17.6. The van der Waals surface area contributed by atoms with E-state index in [4.69, 9.17) is 4.74 Å². The minimum atomic E-state index is -0.348. The molecule has 1 saturated heterocycles. The normalized spacial score (nSPS) is 18.1. The Labute approximate surface area is 183 Å². The molecule has 2 aliphatic heterocycles. The number of hydrogen-bond acceptors (Lipinski definition) is 6. The van der Waals surface area contributed by atoms with Crippen molar-refractivity contribution < 1.29 is 19.1 Å². The molecule has 0 spiro atoms. The Morgan fingerprint density at radius 1 is 1.10 bits per heavy atom. The van der Waals surface area contributed by atoms with E-state index >= 15 is 0 Å². The Morgan fingerprint density at radius 3 is 2.48 bits per heavy atom. The molecule has 3 amide bonds. The van der Waals surface area contributed by atoms with Gasteiger partial charge in [0.2, 0.25) is 5.91 Å². The van der Waals surface area contributed by atoms with Crippen molar-refractivity contribution in [1.29, 1.82) is 0 Å². The summed E-state index contributed by atoms with van der Waals surface area (Å²) in [5, 5.41) is 0.615. The fourth-order valence-electron chi connectivity index (χ4n) is 4.04. The monoisotopic (exact) mass is 435 g/mol. The summed E-state index contributed by atoms with van der Waals surface area (Å²) in [4.78, 5) is 45.9. The van der Waals surface area contributed by atoms with Crippen molar-refractivity contribution in [2.24, 2.45) is 0 Å². The standard InChI is InChI=1S/C23H21N3O4S/c27-20(11-12-25-21(28)16-7-1-2-8-17(16)22(25)29)26(14-15-6-5-13-30-15)23-24-18-9-3-4-10-19(18)31-23/h1-4,7-10,15H,5-6,11-14H2/t15-/m0/s1. The number of ether oxygens (including phenoxy) is 1. The third kappa shape index (κ3) is 3.73. The van der Waals surface area contributed by atoms with Crippen molar-refractivity contribution in [3.8, 4) is 0 Å². The molecule has 0 saturated carbocycles. The third-order valence-electron chi connectivity index (χ3n) is 5.65. The predicted molar refractivity (Wildman–Crippen MR) is 117 cm³/mol. The van der Waals surface area contributed by atoms with Crippen LogP contribution in [0.15, 0.2) is 48.5 Å². The van der Waals surface area contributed by atoms with Gasteiger partial charge in [-0.2, -0.15) is 0 Å². The molecule has 1 aromatic heterocycles. The molecule has 0 unspecified atom stereocenters. The summed E-state index contributed by atoms with van der Waals surface area (Å²) in [5.74, 6) is -0.871. The molecule has 0 bridgehead atoms. The highest BCUT2D eigenvalue weighted by atomic mass is 32.1. The summed E-state index contributed by atoms with van der Waals surface area (Å²) in [6, 6.07) is 14.5. The SMILES string of the molecule is O=C1c2ccccc2C(=O)N1CCC(=O)N(C[C@@H]1CCCO1)c1nc2ccccc2s1. The van der Waals surface area contributed by atoms with Gasteiger partial charge in [-0.3, -0.25) is 24.2 Å². The number of carbonyl (C=O) groups excluding carboxylic acids is 3. The van der Waals surface area contributed by atoms with E-state index in [1.165, 1.54) is 11.3 Å². The molecule has 1 atom stereocenters. The maximum Gasteiger partial charge on any atom is 0.261 e. The Balaban J connectivity index is 1.35. The van der Waals surface area contributed by atoms with E-state index in [9.17, 15) is 14.4 Å². The molecule has 2 aromatic carbocycles. The maximum atomic E-state index is 13.2. The minimum absolute atomic E-state index is 0.0322. The number of fused-ring (bicyclic) bond motifs is 2. The van der Waals surface area contributed by atoms with Crippen LogP contribution in [0.1, 0.15) is 40.0 Å². The highest BCUT2D eigenvalue weighted by Crippen LogP contribution is 2.30. The smallest absolute Gasteiger partial charge is 0.261 e. The van der Waals surface area contributed by atoms with Crippen molar-refractivity contribution in [2.45, 2.75) is 25.4 Å². The number of nitrogens with zero attached hydrogens (tertiary/aromatic N) is 3. The van der Waals surface area contributed by atoms with Crippen LogP contribution in [0, 0.1) is 0 Å². The first-order valence-electron chi connectivity index (χ1n) is 10.3. The number of thiazole rings is 1. The van der Waals surface area contributed by atoms with Gasteiger partial charge in [0.15, 0.2) is 5.13 Å². The lowest BCUT2D eigenvalue weighted by Gasteiger charge is -2.24. The highest BCUT2D eigenvalue weighted by Gasteiger charge is 2.36. The van der Waals surface area contributed by atoms with Crippen LogP contribution in [0.4, 0.5) is 5.13 Å². The van der Waals surface area contributed by atoms with E-state index in [2.05, 4.69) is 4.98 Å². The predicted octanol–water partition coefficient (Wildman–Crippen LogP) is 3.49. The number of carbonyl (C=O) groups is 3. The number of para-hydroxylation sites is 1. The Hall–Kier alpha value is -3.10. The number of benzene rings is 2. The summed E-state index contributed by atoms with van der Waals surface area (Å²) >= 11 is 1.46. The van der Waals surface area contributed by atoms with Gasteiger partial charge in [-0.25, -0.2) is 4.98 Å². The van der Waals surface area contributed by atoms with Gasteiger partial charge in [-0.15, -0.1) is 0 Å². The second-order valence-corrected chi connectivity index (χ2v) is 8.67. The summed E-state index contributed by atoms with van der Waals surface area (Å²) in [6.07, 6.45) is 1.87. The molecule has 8 heteroatoms. The van der Waals surface area contributed by atoms with Crippen LogP contribution >= 0.6 is 11.3 Å². The fraction of sp³-hybridized carbons (Fsp3) is 0.304. The largest absolute Gasteiger partial charge is 0.376 e. The Kier molecular flexibility index (Phi) is 5.25. The van der Waals surface area contributed by atoms with Crippen molar-refractivity contribution in [2.75, 3.05) is 24.6 Å². The molecule has 3 aromatic rings. The van der Waals surface area contributed by atoms with E-state index in [-0.39, 0.29) is 36.8 Å². The Bertz CT molecular complexity index is 1100. The van der Waals surface area contributed by atoms with Crippen LogP contribution < -0.4 is 4.90 Å². The molecule has 7 nitrogen and oxygen atoms in total. The van der Waals surface area contributed by atoms with Crippen molar-refractivity contribution in [3.63, 3.8) is 0 Å². The van der Waals surface area contributed by atoms with Gasteiger partial charge in [0, 0.05) is 19.6 Å². The quantitative estimate of drug-likeness (QED) is 0.554. The first-order valence-corrected chi connectivity index (χ1v) is 11.2. The molecule has 0 aliphatic carbocycles. The van der Waals surface area contributed by atoms with Gasteiger partial charge in [0.05, 0.1) is 34.0 Å².